The lowest BCUT2D eigenvalue weighted by atomic mass is 10.1. The maximum Gasteiger partial charge on any atom is 0.422 e. The Hall–Kier alpha value is -3.70. The molecule has 0 unspecified atom stereocenters. The van der Waals surface area contributed by atoms with Gasteiger partial charge in [0.05, 0.1) is 5.56 Å². The summed E-state index contributed by atoms with van der Waals surface area (Å²) in [7, 11) is 0. The predicted octanol–water partition coefficient (Wildman–Crippen LogP) is 5.34. The maximum absolute atomic E-state index is 13.2. The number of aromatic carboxylic acids is 1. The molecular formula is C19H11F6NO5. The summed E-state index contributed by atoms with van der Waals surface area (Å²) in [6.07, 6.45) is -9.87. The fourth-order valence-electron chi connectivity index (χ4n) is 2.60. The van der Waals surface area contributed by atoms with Crippen LogP contribution in [0.25, 0.3) is 11.0 Å². The zero-order valence-electron chi connectivity index (χ0n) is 15.1. The third kappa shape index (κ3) is 5.27. The number of benzene rings is 2. The van der Waals surface area contributed by atoms with E-state index in [0.717, 1.165) is 6.07 Å². The van der Waals surface area contributed by atoms with Crippen molar-refractivity contribution in [3.05, 3.63) is 59.4 Å². The van der Waals surface area contributed by atoms with Gasteiger partial charge in [-0.15, -0.1) is 0 Å². The number of carboxylic acid groups (broad SMARTS) is 1. The van der Waals surface area contributed by atoms with Crippen molar-refractivity contribution >= 4 is 28.5 Å². The Kier molecular flexibility index (Phi) is 5.57. The summed E-state index contributed by atoms with van der Waals surface area (Å²) in [4.78, 5) is 23.3. The molecule has 31 heavy (non-hydrogen) atoms. The van der Waals surface area contributed by atoms with Crippen LogP contribution in [-0.2, 0) is 6.18 Å². The van der Waals surface area contributed by atoms with Gasteiger partial charge in [0.2, 0.25) is 5.76 Å². The molecule has 1 aromatic heterocycles. The Balaban J connectivity index is 1.85. The smallest absolute Gasteiger partial charge is 0.422 e. The number of hydrogen-bond acceptors (Lipinski definition) is 4. The first-order valence-electron chi connectivity index (χ1n) is 8.32. The number of carbonyl (C=O) groups excluding carboxylic acids is 1. The number of furan rings is 1. The summed E-state index contributed by atoms with van der Waals surface area (Å²) in [5.74, 6) is -3.58. The van der Waals surface area contributed by atoms with Crippen molar-refractivity contribution in [2.45, 2.75) is 12.4 Å². The average Bonchev–Trinajstić information content (AvgIpc) is 3.09. The minimum Gasteiger partial charge on any atom is -0.483 e. The molecule has 1 amide bonds. The zero-order valence-corrected chi connectivity index (χ0v) is 15.1. The Morgan fingerprint density at radius 1 is 1.00 bits per heavy atom. The van der Waals surface area contributed by atoms with Gasteiger partial charge in [-0.3, -0.25) is 4.79 Å². The molecule has 0 bridgehead atoms. The Morgan fingerprint density at radius 2 is 1.71 bits per heavy atom. The second-order valence-electron chi connectivity index (χ2n) is 6.24. The van der Waals surface area contributed by atoms with E-state index in [1.54, 1.807) is 0 Å². The van der Waals surface area contributed by atoms with Gasteiger partial charge in [0.15, 0.2) is 6.61 Å². The number of anilines is 1. The molecule has 164 valence electrons. The topological polar surface area (TPSA) is 88.8 Å². The van der Waals surface area contributed by atoms with Crippen LogP contribution in [0.4, 0.5) is 32.0 Å². The largest absolute Gasteiger partial charge is 0.483 e. The molecular weight excluding hydrogens is 436 g/mol. The van der Waals surface area contributed by atoms with Crippen LogP contribution in [0.5, 0.6) is 5.75 Å². The van der Waals surface area contributed by atoms with Crippen LogP contribution in [0, 0.1) is 0 Å². The number of rotatable bonds is 5. The van der Waals surface area contributed by atoms with Crippen molar-refractivity contribution in [1.29, 1.82) is 0 Å². The predicted molar refractivity (Wildman–Crippen MR) is 94.1 cm³/mol. The Labute approximate surface area is 169 Å². The van der Waals surface area contributed by atoms with E-state index in [-0.39, 0.29) is 22.6 Å². The fraction of sp³-hybridized carbons (Fsp3) is 0.158. The third-order valence-corrected chi connectivity index (χ3v) is 3.93. The van der Waals surface area contributed by atoms with Crippen LogP contribution in [0.1, 0.15) is 26.5 Å². The molecule has 1 heterocycles. The molecule has 12 heteroatoms. The molecule has 0 spiro atoms. The fourth-order valence-corrected chi connectivity index (χ4v) is 2.60. The van der Waals surface area contributed by atoms with Gasteiger partial charge in [0.1, 0.15) is 11.3 Å². The molecule has 0 saturated carbocycles. The van der Waals surface area contributed by atoms with Crippen LogP contribution in [-0.4, -0.2) is 29.8 Å². The minimum atomic E-state index is -5.04. The van der Waals surface area contributed by atoms with Crippen molar-refractivity contribution < 1.29 is 50.2 Å². The Bertz CT molecular complexity index is 1150. The van der Waals surface area contributed by atoms with E-state index in [4.69, 9.17) is 9.52 Å². The first kappa shape index (κ1) is 22.0. The molecule has 6 nitrogen and oxygen atoms in total. The van der Waals surface area contributed by atoms with Gasteiger partial charge in [-0.2, -0.15) is 26.3 Å². The quantitative estimate of drug-likeness (QED) is 0.516. The van der Waals surface area contributed by atoms with Crippen molar-refractivity contribution in [3.8, 4) is 5.75 Å². The molecule has 2 N–H and O–H groups in total. The summed E-state index contributed by atoms with van der Waals surface area (Å²) >= 11 is 0. The van der Waals surface area contributed by atoms with Gasteiger partial charge in [-0.1, -0.05) is 6.07 Å². The zero-order chi connectivity index (χ0) is 23.0. The first-order chi connectivity index (χ1) is 14.3. The van der Waals surface area contributed by atoms with Gasteiger partial charge in [0.25, 0.3) is 5.91 Å². The average molecular weight is 447 g/mol. The molecule has 0 aliphatic carbocycles. The van der Waals surface area contributed by atoms with E-state index in [9.17, 15) is 35.9 Å². The van der Waals surface area contributed by atoms with Crippen LogP contribution in [0.3, 0.4) is 0 Å². The second kappa shape index (κ2) is 7.85. The van der Waals surface area contributed by atoms with Gasteiger partial charge < -0.3 is 19.6 Å². The maximum atomic E-state index is 13.2. The normalized spacial score (nSPS) is 12.1. The molecule has 3 aromatic rings. The highest BCUT2D eigenvalue weighted by Crippen LogP contribution is 2.38. The van der Waals surface area contributed by atoms with E-state index in [2.05, 4.69) is 10.1 Å². The molecule has 0 saturated heterocycles. The number of hydrogen-bond donors (Lipinski definition) is 2. The molecule has 0 aliphatic heterocycles. The minimum absolute atomic E-state index is 0.0512. The van der Waals surface area contributed by atoms with E-state index in [0.29, 0.717) is 17.5 Å². The molecule has 0 radical (unpaired) electrons. The number of ether oxygens (including phenoxy) is 1. The van der Waals surface area contributed by atoms with Crippen molar-refractivity contribution in [2.75, 3.05) is 11.9 Å². The lowest BCUT2D eigenvalue weighted by Crippen LogP contribution is -2.21. The van der Waals surface area contributed by atoms with Crippen molar-refractivity contribution in [2.24, 2.45) is 0 Å². The number of carboxylic acids is 1. The summed E-state index contributed by atoms with van der Waals surface area (Å²) in [5, 5.41) is 11.5. The van der Waals surface area contributed by atoms with Gasteiger partial charge >= 0.3 is 18.3 Å². The lowest BCUT2D eigenvalue weighted by molar-refractivity contribution is -0.158. The summed E-state index contributed by atoms with van der Waals surface area (Å²) in [6, 6.07) is 7.17. The van der Waals surface area contributed by atoms with Crippen molar-refractivity contribution in [3.63, 3.8) is 0 Å². The Morgan fingerprint density at radius 3 is 2.32 bits per heavy atom. The number of halogens is 6. The van der Waals surface area contributed by atoms with Crippen LogP contribution < -0.4 is 10.1 Å². The van der Waals surface area contributed by atoms with Gasteiger partial charge in [-0.05, 0) is 36.4 Å². The second-order valence-corrected chi connectivity index (χ2v) is 6.24. The van der Waals surface area contributed by atoms with E-state index in [1.165, 1.54) is 24.3 Å². The summed E-state index contributed by atoms with van der Waals surface area (Å²) in [5.41, 5.74) is -1.83. The lowest BCUT2D eigenvalue weighted by Gasteiger charge is -2.16. The van der Waals surface area contributed by atoms with Crippen molar-refractivity contribution in [1.82, 2.24) is 0 Å². The molecule has 0 aliphatic rings. The number of carbonyl (C=O) groups is 2. The van der Waals surface area contributed by atoms with E-state index < -0.39 is 42.1 Å². The van der Waals surface area contributed by atoms with E-state index in [1.807, 2.05) is 0 Å². The molecule has 0 fully saturated rings. The highest BCUT2D eigenvalue weighted by Gasteiger charge is 2.36. The number of alkyl halides is 6. The molecule has 0 atom stereocenters. The van der Waals surface area contributed by atoms with E-state index >= 15 is 0 Å². The summed E-state index contributed by atoms with van der Waals surface area (Å²) < 4.78 is 85.7. The van der Waals surface area contributed by atoms with Gasteiger partial charge in [-0.25, -0.2) is 4.79 Å². The number of fused-ring (bicyclic) bond motifs is 1. The summed E-state index contributed by atoms with van der Waals surface area (Å²) in [6.45, 7) is -1.91. The van der Waals surface area contributed by atoms with Crippen LogP contribution in [0.15, 0.2) is 46.9 Å². The molecule has 3 rings (SSSR count). The van der Waals surface area contributed by atoms with Gasteiger partial charge in [0, 0.05) is 16.6 Å². The SMILES string of the molecule is O=C(Nc1ccc(OCC(F)(F)F)c(C(F)(F)F)c1)c1ccc2cc(C(=O)O)oc2c1. The molecule has 2 aromatic carbocycles. The highest BCUT2D eigenvalue weighted by molar-refractivity contribution is 6.06. The number of amides is 1. The van der Waals surface area contributed by atoms with Crippen LogP contribution in [0.2, 0.25) is 0 Å². The third-order valence-electron chi connectivity index (χ3n) is 3.93. The first-order valence-corrected chi connectivity index (χ1v) is 8.32. The highest BCUT2D eigenvalue weighted by atomic mass is 19.4. The number of nitrogens with one attached hydrogen (secondary N) is 1. The van der Waals surface area contributed by atoms with Crippen LogP contribution >= 0.6 is 0 Å². The monoisotopic (exact) mass is 447 g/mol. The standard InChI is InChI=1S/C19H11F6NO5/c20-18(21,22)8-30-13-4-3-11(7-12(13)19(23,24)25)26-16(27)10-2-1-9-5-15(17(28)29)31-14(9)6-10/h1-7H,8H2,(H,26,27)(H,28,29).